The fourth-order valence-corrected chi connectivity index (χ4v) is 1.66. The van der Waals surface area contributed by atoms with Gasteiger partial charge in [-0.3, -0.25) is 10.1 Å². The maximum absolute atomic E-state index is 11.5. The minimum Gasteiger partial charge on any atom is -0.328 e. The van der Waals surface area contributed by atoms with Crippen LogP contribution in [0.3, 0.4) is 0 Å². The molecular formula is C11H10N2OS. The van der Waals surface area contributed by atoms with Gasteiger partial charge in [-0.15, -0.1) is 0 Å². The highest BCUT2D eigenvalue weighted by Gasteiger charge is 2.22. The number of hydrogen-bond acceptors (Lipinski definition) is 2. The van der Waals surface area contributed by atoms with Crippen LogP contribution in [-0.2, 0) is 4.79 Å². The van der Waals surface area contributed by atoms with Crippen molar-refractivity contribution in [3.63, 3.8) is 0 Å². The Kier molecular flexibility index (Phi) is 2.51. The third-order valence-corrected chi connectivity index (χ3v) is 2.48. The maximum atomic E-state index is 11.5. The summed E-state index contributed by atoms with van der Waals surface area (Å²) in [4.78, 5) is 11.5. The first kappa shape index (κ1) is 9.86. The number of benzene rings is 1. The van der Waals surface area contributed by atoms with Crippen LogP contribution in [0.25, 0.3) is 5.57 Å². The van der Waals surface area contributed by atoms with Gasteiger partial charge in [0.2, 0.25) is 0 Å². The number of rotatable bonds is 1. The number of thiocarbonyl (C=S) groups is 1. The van der Waals surface area contributed by atoms with E-state index in [1.807, 2.05) is 37.3 Å². The molecule has 1 fully saturated rings. The smallest absolute Gasteiger partial charge is 0.274 e. The largest absolute Gasteiger partial charge is 0.328 e. The topological polar surface area (TPSA) is 41.1 Å². The molecule has 0 unspecified atom stereocenters. The van der Waals surface area contributed by atoms with Crippen molar-refractivity contribution in [1.82, 2.24) is 10.6 Å². The summed E-state index contributed by atoms with van der Waals surface area (Å²) in [6.45, 7) is 1.89. The van der Waals surface area contributed by atoms with Gasteiger partial charge in [0.25, 0.3) is 5.91 Å². The molecule has 76 valence electrons. The Balaban J connectivity index is 2.42. The highest BCUT2D eigenvalue weighted by molar-refractivity contribution is 7.80. The Morgan fingerprint density at radius 1 is 1.20 bits per heavy atom. The fraction of sp³-hybridized carbons (Fsp3) is 0.0909. The Morgan fingerprint density at radius 3 is 2.40 bits per heavy atom. The summed E-state index contributed by atoms with van der Waals surface area (Å²) in [6, 6.07) is 9.72. The van der Waals surface area contributed by atoms with Crippen LogP contribution < -0.4 is 10.6 Å². The standard InChI is InChI=1S/C11H10N2OS/c1-7(8-5-3-2-4-6-8)9-10(14)13-11(15)12-9/h2-6H,1H3,(H2,12,13,14,15)/b9-7-. The van der Waals surface area contributed by atoms with Crippen LogP contribution in [0.15, 0.2) is 36.0 Å². The van der Waals surface area contributed by atoms with Crippen LogP contribution >= 0.6 is 12.2 Å². The Hall–Kier alpha value is -1.68. The van der Waals surface area contributed by atoms with E-state index in [4.69, 9.17) is 12.2 Å². The zero-order valence-electron chi connectivity index (χ0n) is 8.20. The zero-order valence-corrected chi connectivity index (χ0v) is 9.02. The lowest BCUT2D eigenvalue weighted by molar-refractivity contribution is -0.115. The SMILES string of the molecule is C/C(=C1/NC(=S)NC1=O)c1ccccc1. The first-order chi connectivity index (χ1) is 7.18. The summed E-state index contributed by atoms with van der Waals surface area (Å²) in [7, 11) is 0. The summed E-state index contributed by atoms with van der Waals surface area (Å²) in [5.41, 5.74) is 2.44. The quantitative estimate of drug-likeness (QED) is 0.553. The van der Waals surface area contributed by atoms with Gasteiger partial charge in [-0.1, -0.05) is 30.3 Å². The molecule has 0 spiro atoms. The average Bonchev–Trinajstić information content (AvgIpc) is 2.58. The van der Waals surface area contributed by atoms with E-state index in [0.29, 0.717) is 10.8 Å². The van der Waals surface area contributed by atoms with Crippen LogP contribution in [0.5, 0.6) is 0 Å². The number of carbonyl (C=O) groups excluding carboxylic acids is 1. The van der Waals surface area contributed by atoms with E-state index < -0.39 is 0 Å². The van der Waals surface area contributed by atoms with Crippen LogP contribution in [-0.4, -0.2) is 11.0 Å². The van der Waals surface area contributed by atoms with Crippen LogP contribution in [0.2, 0.25) is 0 Å². The van der Waals surface area contributed by atoms with Gasteiger partial charge >= 0.3 is 0 Å². The Labute approximate surface area is 93.2 Å². The molecule has 2 rings (SSSR count). The molecule has 4 heteroatoms. The summed E-state index contributed by atoms with van der Waals surface area (Å²) in [5, 5.41) is 5.76. The van der Waals surface area contributed by atoms with Gasteiger partial charge < -0.3 is 5.32 Å². The first-order valence-electron chi connectivity index (χ1n) is 4.57. The van der Waals surface area contributed by atoms with Gasteiger partial charge in [-0.25, -0.2) is 0 Å². The number of amides is 1. The molecule has 1 heterocycles. The second-order valence-corrected chi connectivity index (χ2v) is 3.68. The van der Waals surface area contributed by atoms with Gasteiger partial charge in [-0.05, 0) is 30.3 Å². The number of hydrogen-bond donors (Lipinski definition) is 2. The normalized spacial score (nSPS) is 18.5. The minimum atomic E-state index is -0.165. The predicted octanol–water partition coefficient (Wildman–Crippen LogP) is 1.42. The van der Waals surface area contributed by atoms with Crippen LogP contribution in [0.1, 0.15) is 12.5 Å². The predicted molar refractivity (Wildman–Crippen MR) is 62.9 cm³/mol. The van der Waals surface area contributed by atoms with E-state index in [1.54, 1.807) is 0 Å². The van der Waals surface area contributed by atoms with Crippen molar-refractivity contribution in [2.45, 2.75) is 6.92 Å². The molecule has 0 saturated carbocycles. The summed E-state index contributed by atoms with van der Waals surface area (Å²) < 4.78 is 0. The van der Waals surface area contributed by atoms with E-state index in [-0.39, 0.29) is 5.91 Å². The van der Waals surface area contributed by atoms with Crippen molar-refractivity contribution in [3.8, 4) is 0 Å². The van der Waals surface area contributed by atoms with Gasteiger partial charge in [0.1, 0.15) is 5.70 Å². The molecule has 15 heavy (non-hydrogen) atoms. The van der Waals surface area contributed by atoms with Crippen molar-refractivity contribution in [3.05, 3.63) is 41.6 Å². The number of nitrogens with one attached hydrogen (secondary N) is 2. The van der Waals surface area contributed by atoms with E-state index in [9.17, 15) is 4.79 Å². The lowest BCUT2D eigenvalue weighted by Crippen LogP contribution is -2.21. The van der Waals surface area contributed by atoms with E-state index in [1.165, 1.54) is 0 Å². The van der Waals surface area contributed by atoms with Gasteiger partial charge in [0, 0.05) is 0 Å². The van der Waals surface area contributed by atoms with Crippen LogP contribution in [0.4, 0.5) is 0 Å². The Bertz CT molecular complexity index is 451. The van der Waals surface area contributed by atoms with Gasteiger partial charge in [0.05, 0.1) is 0 Å². The third kappa shape index (κ3) is 1.89. The average molecular weight is 218 g/mol. The van der Waals surface area contributed by atoms with Crippen LogP contribution in [0, 0.1) is 0 Å². The molecule has 1 aliphatic heterocycles. The highest BCUT2D eigenvalue weighted by Crippen LogP contribution is 2.18. The molecule has 1 aromatic rings. The fourth-order valence-electron chi connectivity index (χ4n) is 1.46. The number of carbonyl (C=O) groups is 1. The first-order valence-corrected chi connectivity index (χ1v) is 4.98. The van der Waals surface area contributed by atoms with E-state index in [2.05, 4.69) is 10.6 Å². The maximum Gasteiger partial charge on any atom is 0.274 e. The molecule has 1 aromatic carbocycles. The second-order valence-electron chi connectivity index (χ2n) is 3.27. The lowest BCUT2D eigenvalue weighted by Gasteiger charge is -2.03. The molecule has 0 aliphatic carbocycles. The van der Waals surface area contributed by atoms with E-state index in [0.717, 1.165) is 11.1 Å². The molecule has 1 aliphatic rings. The van der Waals surface area contributed by atoms with E-state index >= 15 is 0 Å². The van der Waals surface area contributed by atoms with Gasteiger partial charge in [0.15, 0.2) is 5.11 Å². The van der Waals surface area contributed by atoms with Crippen molar-refractivity contribution in [2.75, 3.05) is 0 Å². The monoisotopic (exact) mass is 218 g/mol. The highest BCUT2D eigenvalue weighted by atomic mass is 32.1. The molecule has 0 bridgehead atoms. The second kappa shape index (κ2) is 3.82. The van der Waals surface area contributed by atoms with Gasteiger partial charge in [-0.2, -0.15) is 0 Å². The lowest BCUT2D eigenvalue weighted by atomic mass is 10.1. The Morgan fingerprint density at radius 2 is 1.87 bits per heavy atom. The molecular weight excluding hydrogens is 208 g/mol. The van der Waals surface area contributed by atoms with Crippen molar-refractivity contribution < 1.29 is 4.79 Å². The molecule has 0 aromatic heterocycles. The van der Waals surface area contributed by atoms with Crippen molar-refractivity contribution in [2.24, 2.45) is 0 Å². The summed E-state index contributed by atoms with van der Waals surface area (Å²) in [6.07, 6.45) is 0. The third-order valence-electron chi connectivity index (χ3n) is 2.27. The summed E-state index contributed by atoms with van der Waals surface area (Å²) in [5.74, 6) is -0.165. The molecule has 1 saturated heterocycles. The van der Waals surface area contributed by atoms with Crippen molar-refractivity contribution >= 4 is 28.8 Å². The van der Waals surface area contributed by atoms with Crippen molar-refractivity contribution in [1.29, 1.82) is 0 Å². The number of allylic oxidation sites excluding steroid dienone is 1. The molecule has 2 N–H and O–H groups in total. The zero-order chi connectivity index (χ0) is 10.8. The molecule has 1 amide bonds. The molecule has 3 nitrogen and oxygen atoms in total. The molecule has 0 radical (unpaired) electrons. The summed E-state index contributed by atoms with van der Waals surface area (Å²) >= 11 is 4.87. The molecule has 0 atom stereocenters. The minimum absolute atomic E-state index is 0.165.